The number of carbonyl (C=O) groups is 1. The summed E-state index contributed by atoms with van der Waals surface area (Å²) in [5, 5.41) is 5.50. The molecular formula is C13H14ClN3OS. The molecule has 4 nitrogen and oxygen atoms in total. The Balaban J connectivity index is 1.86. The lowest BCUT2D eigenvalue weighted by Gasteiger charge is -2.05. The number of rotatable bonds is 5. The van der Waals surface area contributed by atoms with Crippen molar-refractivity contribution in [3.05, 3.63) is 45.7 Å². The highest BCUT2D eigenvalue weighted by Gasteiger charge is 2.08. The largest absolute Gasteiger partial charge is 0.350 e. The van der Waals surface area contributed by atoms with Gasteiger partial charge in [-0.15, -0.1) is 22.9 Å². The maximum Gasteiger partial charge on any atom is 0.227 e. The van der Waals surface area contributed by atoms with Crippen LogP contribution in [-0.4, -0.2) is 15.9 Å². The first kappa shape index (κ1) is 14.0. The summed E-state index contributed by atoms with van der Waals surface area (Å²) in [6.45, 7) is 2.42. The Labute approximate surface area is 120 Å². The summed E-state index contributed by atoms with van der Waals surface area (Å²) < 4.78 is 0. The molecule has 100 valence electrons. The van der Waals surface area contributed by atoms with Crippen molar-refractivity contribution < 1.29 is 4.79 Å². The smallest absolute Gasteiger partial charge is 0.227 e. The van der Waals surface area contributed by atoms with Gasteiger partial charge in [0, 0.05) is 11.6 Å². The first-order valence-corrected chi connectivity index (χ1v) is 7.27. The average Bonchev–Trinajstić information content (AvgIpc) is 2.85. The molecule has 0 bridgehead atoms. The van der Waals surface area contributed by atoms with Crippen LogP contribution in [0.1, 0.15) is 22.0 Å². The number of pyridine rings is 1. The van der Waals surface area contributed by atoms with Crippen LogP contribution in [-0.2, 0) is 23.6 Å². The lowest BCUT2D eigenvalue weighted by molar-refractivity contribution is -0.120. The average molecular weight is 296 g/mol. The highest BCUT2D eigenvalue weighted by Crippen LogP contribution is 2.12. The lowest BCUT2D eigenvalue weighted by Crippen LogP contribution is -2.25. The Morgan fingerprint density at radius 2 is 2.37 bits per heavy atom. The summed E-state index contributed by atoms with van der Waals surface area (Å²) in [5.74, 6) is 0.325. The molecule has 2 heterocycles. The maximum absolute atomic E-state index is 11.8. The number of carbonyl (C=O) groups excluding carboxylic acids is 1. The van der Waals surface area contributed by atoms with Gasteiger partial charge < -0.3 is 5.32 Å². The fraction of sp³-hybridized carbons (Fsp3) is 0.308. The van der Waals surface area contributed by atoms with E-state index in [1.807, 2.05) is 24.4 Å². The fourth-order valence-corrected chi connectivity index (χ4v) is 2.60. The summed E-state index contributed by atoms with van der Waals surface area (Å²) in [4.78, 5) is 20.3. The van der Waals surface area contributed by atoms with E-state index in [9.17, 15) is 4.79 Å². The molecule has 0 aliphatic rings. The number of alkyl halides is 1. The molecule has 1 amide bonds. The Kier molecular flexibility index (Phi) is 4.87. The van der Waals surface area contributed by atoms with Crippen LogP contribution in [0.2, 0.25) is 0 Å². The molecule has 0 atom stereocenters. The molecule has 19 heavy (non-hydrogen) atoms. The van der Waals surface area contributed by atoms with E-state index in [2.05, 4.69) is 15.3 Å². The third kappa shape index (κ3) is 4.01. The van der Waals surface area contributed by atoms with Gasteiger partial charge in [0.05, 0.1) is 30.2 Å². The molecule has 0 fully saturated rings. The SMILES string of the molecule is Cc1cccnc1CNC(=O)Cc1nc(CCl)cs1. The molecule has 0 aliphatic heterocycles. The van der Waals surface area contributed by atoms with Gasteiger partial charge in [0.1, 0.15) is 5.01 Å². The van der Waals surface area contributed by atoms with Crippen LogP contribution in [0.5, 0.6) is 0 Å². The zero-order valence-electron chi connectivity index (χ0n) is 10.5. The second-order valence-electron chi connectivity index (χ2n) is 4.09. The van der Waals surface area contributed by atoms with E-state index < -0.39 is 0 Å². The van der Waals surface area contributed by atoms with Crippen LogP contribution < -0.4 is 5.32 Å². The zero-order valence-corrected chi connectivity index (χ0v) is 12.1. The molecule has 0 unspecified atom stereocenters. The Hall–Kier alpha value is -1.46. The minimum Gasteiger partial charge on any atom is -0.350 e. The molecule has 2 aromatic heterocycles. The lowest BCUT2D eigenvalue weighted by atomic mass is 10.2. The van der Waals surface area contributed by atoms with Gasteiger partial charge in [0.25, 0.3) is 0 Å². The van der Waals surface area contributed by atoms with Crippen LogP contribution >= 0.6 is 22.9 Å². The van der Waals surface area contributed by atoms with Crippen LogP contribution in [0.15, 0.2) is 23.7 Å². The number of aryl methyl sites for hydroxylation is 1. The van der Waals surface area contributed by atoms with Crippen molar-refractivity contribution in [1.82, 2.24) is 15.3 Å². The highest BCUT2D eigenvalue weighted by molar-refractivity contribution is 7.09. The number of hydrogen-bond donors (Lipinski definition) is 1. The van der Waals surface area contributed by atoms with E-state index in [0.29, 0.717) is 12.4 Å². The molecule has 0 aromatic carbocycles. The summed E-state index contributed by atoms with van der Waals surface area (Å²) in [6.07, 6.45) is 2.01. The predicted molar refractivity (Wildman–Crippen MR) is 76.2 cm³/mol. The molecule has 0 radical (unpaired) electrons. The van der Waals surface area contributed by atoms with Crippen LogP contribution in [0.4, 0.5) is 0 Å². The van der Waals surface area contributed by atoms with Gasteiger partial charge >= 0.3 is 0 Å². The number of halogens is 1. The van der Waals surface area contributed by atoms with Crippen molar-refractivity contribution in [2.75, 3.05) is 0 Å². The topological polar surface area (TPSA) is 54.9 Å². The van der Waals surface area contributed by atoms with E-state index in [4.69, 9.17) is 11.6 Å². The highest BCUT2D eigenvalue weighted by atomic mass is 35.5. The fourth-order valence-electron chi connectivity index (χ4n) is 1.58. The summed E-state index contributed by atoms with van der Waals surface area (Å²) in [5.41, 5.74) is 2.77. The molecule has 0 spiro atoms. The van der Waals surface area contributed by atoms with Gasteiger partial charge in [-0.2, -0.15) is 0 Å². The van der Waals surface area contributed by atoms with Gasteiger partial charge in [0.2, 0.25) is 5.91 Å². The molecule has 2 aromatic rings. The van der Waals surface area contributed by atoms with Gasteiger partial charge in [-0.3, -0.25) is 9.78 Å². The Morgan fingerprint density at radius 1 is 1.53 bits per heavy atom. The zero-order chi connectivity index (χ0) is 13.7. The van der Waals surface area contributed by atoms with Crippen LogP contribution in [0.25, 0.3) is 0 Å². The number of nitrogens with zero attached hydrogens (tertiary/aromatic N) is 2. The van der Waals surface area contributed by atoms with Crippen LogP contribution in [0.3, 0.4) is 0 Å². The third-order valence-electron chi connectivity index (χ3n) is 2.62. The summed E-state index contributed by atoms with van der Waals surface area (Å²) >= 11 is 7.13. The Bertz CT molecular complexity index is 571. The number of thiazole rings is 1. The standard InChI is InChI=1S/C13H14ClN3OS/c1-9-3-2-4-15-11(9)7-16-12(18)5-13-17-10(6-14)8-19-13/h2-4,8H,5-7H2,1H3,(H,16,18). The summed E-state index contributed by atoms with van der Waals surface area (Å²) in [6, 6.07) is 3.85. The van der Waals surface area contributed by atoms with Crippen LogP contribution in [0, 0.1) is 6.92 Å². The van der Waals surface area contributed by atoms with Crippen molar-refractivity contribution >= 4 is 28.8 Å². The predicted octanol–water partition coefficient (Wildman–Crippen LogP) is 2.44. The first-order chi connectivity index (χ1) is 9.19. The van der Waals surface area contributed by atoms with E-state index in [0.717, 1.165) is 22.0 Å². The number of aromatic nitrogens is 2. The number of amides is 1. The van der Waals surface area contributed by atoms with Crippen molar-refractivity contribution in [2.45, 2.75) is 25.8 Å². The van der Waals surface area contributed by atoms with E-state index in [1.54, 1.807) is 6.20 Å². The summed E-state index contributed by atoms with van der Waals surface area (Å²) in [7, 11) is 0. The molecule has 0 saturated carbocycles. The van der Waals surface area contributed by atoms with Crippen molar-refractivity contribution in [3.63, 3.8) is 0 Å². The second-order valence-corrected chi connectivity index (χ2v) is 5.30. The van der Waals surface area contributed by atoms with Crippen molar-refractivity contribution in [1.29, 1.82) is 0 Å². The monoisotopic (exact) mass is 295 g/mol. The number of hydrogen-bond acceptors (Lipinski definition) is 4. The van der Waals surface area contributed by atoms with E-state index in [1.165, 1.54) is 11.3 Å². The Morgan fingerprint density at radius 3 is 3.05 bits per heavy atom. The maximum atomic E-state index is 11.8. The minimum atomic E-state index is -0.0551. The number of nitrogens with one attached hydrogen (secondary N) is 1. The van der Waals surface area contributed by atoms with E-state index in [-0.39, 0.29) is 12.3 Å². The van der Waals surface area contributed by atoms with Gasteiger partial charge in [-0.05, 0) is 18.6 Å². The van der Waals surface area contributed by atoms with Crippen molar-refractivity contribution in [2.24, 2.45) is 0 Å². The quantitative estimate of drug-likeness (QED) is 0.862. The third-order valence-corrected chi connectivity index (χ3v) is 3.79. The molecule has 2 rings (SSSR count). The van der Waals surface area contributed by atoms with Gasteiger partial charge in [-0.25, -0.2) is 4.98 Å². The molecule has 6 heteroatoms. The molecular weight excluding hydrogens is 282 g/mol. The molecule has 0 aliphatic carbocycles. The van der Waals surface area contributed by atoms with Gasteiger partial charge in [-0.1, -0.05) is 6.07 Å². The van der Waals surface area contributed by atoms with Gasteiger partial charge in [0.15, 0.2) is 0 Å². The van der Waals surface area contributed by atoms with E-state index >= 15 is 0 Å². The first-order valence-electron chi connectivity index (χ1n) is 5.85. The molecule has 1 N–H and O–H groups in total. The molecule has 0 saturated heterocycles. The van der Waals surface area contributed by atoms with Crippen molar-refractivity contribution in [3.8, 4) is 0 Å². The second kappa shape index (κ2) is 6.63. The normalized spacial score (nSPS) is 10.4. The minimum absolute atomic E-state index is 0.0551.